The molecule has 2 aliphatic heterocycles. The largest absolute Gasteiger partial charge is 0.489 e. The zero-order chi connectivity index (χ0) is 25.1. The van der Waals surface area contributed by atoms with E-state index in [-0.39, 0.29) is 24.3 Å². The molecule has 8 heteroatoms. The molecule has 0 spiro atoms. The first-order valence-electron chi connectivity index (χ1n) is 11.6. The van der Waals surface area contributed by atoms with E-state index in [1.165, 1.54) is 12.1 Å². The van der Waals surface area contributed by atoms with Crippen molar-refractivity contribution in [3.8, 4) is 5.75 Å². The van der Waals surface area contributed by atoms with Crippen molar-refractivity contribution in [3.63, 3.8) is 0 Å². The van der Waals surface area contributed by atoms with Crippen molar-refractivity contribution in [2.75, 3.05) is 25.1 Å². The monoisotopic (exact) mass is 477 g/mol. The number of halogens is 1. The first-order chi connectivity index (χ1) is 16.5. The van der Waals surface area contributed by atoms with E-state index >= 15 is 0 Å². The van der Waals surface area contributed by atoms with E-state index in [2.05, 4.69) is 11.6 Å². The summed E-state index contributed by atoms with van der Waals surface area (Å²) in [6.07, 6.45) is 0.345. The fourth-order valence-corrected chi connectivity index (χ4v) is 4.81. The second-order valence-electron chi connectivity index (χ2n) is 10.0. The van der Waals surface area contributed by atoms with Gasteiger partial charge in [0.05, 0.1) is 22.5 Å². The highest BCUT2D eigenvalue weighted by Gasteiger charge is 2.41. The van der Waals surface area contributed by atoms with Crippen LogP contribution in [0.15, 0.2) is 48.6 Å². The summed E-state index contributed by atoms with van der Waals surface area (Å²) in [5.41, 5.74) is 3.71. The maximum atomic E-state index is 13.8. The zero-order valence-corrected chi connectivity index (χ0v) is 20.3. The number of nitrogens with one attached hydrogen (secondary N) is 1. The second kappa shape index (κ2) is 8.15. The van der Waals surface area contributed by atoms with Gasteiger partial charge in [-0.3, -0.25) is 4.79 Å². The number of ether oxygens (including phenoxy) is 2. The third-order valence-corrected chi connectivity index (χ3v) is 6.36. The quantitative estimate of drug-likeness (QED) is 0.434. The van der Waals surface area contributed by atoms with Crippen LogP contribution in [0, 0.1) is 5.82 Å². The van der Waals surface area contributed by atoms with Crippen molar-refractivity contribution in [1.82, 2.24) is 9.88 Å². The summed E-state index contributed by atoms with van der Waals surface area (Å²) >= 11 is 0. The van der Waals surface area contributed by atoms with Crippen LogP contribution < -0.4 is 9.64 Å². The third kappa shape index (κ3) is 4.03. The van der Waals surface area contributed by atoms with E-state index in [4.69, 9.17) is 9.47 Å². The summed E-state index contributed by atoms with van der Waals surface area (Å²) in [7, 11) is 1.91. The predicted molar refractivity (Wildman–Crippen MR) is 131 cm³/mol. The van der Waals surface area contributed by atoms with E-state index in [1.807, 2.05) is 30.1 Å². The van der Waals surface area contributed by atoms with E-state index in [1.54, 1.807) is 31.7 Å². The Bertz CT molecular complexity index is 1370. The molecule has 0 saturated carbocycles. The number of carbonyl (C=O) groups excluding carboxylic acids is 2. The molecule has 3 heterocycles. The Kier molecular flexibility index (Phi) is 5.34. The van der Waals surface area contributed by atoms with Gasteiger partial charge in [0.2, 0.25) is 0 Å². The number of anilines is 1. The maximum absolute atomic E-state index is 13.8. The number of carbonyl (C=O) groups is 2. The standard InChI is InChI=1S/C27H28FN3O4/c1-15(26(33)35-27(2,3)4)14-34-17-7-8-21-19(13-17)18-10-11-31-24(23(18)29-21)30(5)22-9-6-16(28)12-20(22)25(31)32/h6-9,12-13,24,29H,1,10-11,14H2,2-5H3. The van der Waals surface area contributed by atoms with Gasteiger partial charge in [-0.05, 0) is 69.2 Å². The minimum absolute atomic E-state index is 0.0218. The highest BCUT2D eigenvalue weighted by molar-refractivity contribution is 6.02. The summed E-state index contributed by atoms with van der Waals surface area (Å²) in [6.45, 7) is 9.74. The van der Waals surface area contributed by atoms with Crippen LogP contribution in [0.4, 0.5) is 10.1 Å². The maximum Gasteiger partial charge on any atom is 0.337 e. The molecule has 1 atom stereocenters. The minimum Gasteiger partial charge on any atom is -0.489 e. The molecular formula is C27H28FN3O4. The molecule has 2 aromatic carbocycles. The Morgan fingerprint density at radius 3 is 2.74 bits per heavy atom. The molecule has 5 rings (SSSR count). The number of aromatic nitrogens is 1. The Balaban J connectivity index is 1.42. The van der Waals surface area contributed by atoms with Gasteiger partial charge in [-0.2, -0.15) is 0 Å². The lowest BCUT2D eigenvalue weighted by molar-refractivity contribution is -0.150. The van der Waals surface area contributed by atoms with E-state index < -0.39 is 17.4 Å². The Morgan fingerprint density at radius 1 is 1.23 bits per heavy atom. The summed E-state index contributed by atoms with van der Waals surface area (Å²) < 4.78 is 25.0. The Labute approximate surface area is 203 Å². The number of hydrogen-bond donors (Lipinski definition) is 1. The second-order valence-corrected chi connectivity index (χ2v) is 10.0. The first kappa shape index (κ1) is 23.0. The molecule has 0 bridgehead atoms. The van der Waals surface area contributed by atoms with Crippen LogP contribution in [-0.2, 0) is 16.0 Å². The summed E-state index contributed by atoms with van der Waals surface area (Å²) in [5, 5.41) is 1.01. The van der Waals surface area contributed by atoms with Crippen LogP contribution in [0.3, 0.4) is 0 Å². The van der Waals surface area contributed by atoms with Crippen molar-refractivity contribution < 1.29 is 23.5 Å². The number of nitrogens with zero attached hydrogens (tertiary/aromatic N) is 2. The van der Waals surface area contributed by atoms with Gasteiger partial charge in [-0.15, -0.1) is 0 Å². The average Bonchev–Trinajstić information content (AvgIpc) is 3.17. The Hall–Kier alpha value is -3.81. The molecule has 0 fully saturated rings. The molecule has 7 nitrogen and oxygen atoms in total. The van der Waals surface area contributed by atoms with Gasteiger partial charge in [0.15, 0.2) is 0 Å². The number of aromatic amines is 1. The van der Waals surface area contributed by atoms with Crippen molar-refractivity contribution >= 4 is 28.5 Å². The molecule has 0 aliphatic carbocycles. The first-order valence-corrected chi connectivity index (χ1v) is 11.6. The molecular weight excluding hydrogens is 449 g/mol. The summed E-state index contributed by atoms with van der Waals surface area (Å²) in [6, 6.07) is 10.0. The van der Waals surface area contributed by atoms with Crippen LogP contribution in [0.1, 0.15) is 48.6 Å². The van der Waals surface area contributed by atoms with Crippen LogP contribution in [0.2, 0.25) is 0 Å². The lowest BCUT2D eigenvalue weighted by Gasteiger charge is -2.46. The molecule has 35 heavy (non-hydrogen) atoms. The average molecular weight is 478 g/mol. The topological polar surface area (TPSA) is 74.9 Å². The molecule has 3 aromatic rings. The van der Waals surface area contributed by atoms with Crippen LogP contribution in [0.25, 0.3) is 10.9 Å². The number of esters is 1. The van der Waals surface area contributed by atoms with Crippen molar-refractivity contribution in [2.45, 2.75) is 39.0 Å². The minimum atomic E-state index is -0.598. The van der Waals surface area contributed by atoms with Crippen LogP contribution in [0.5, 0.6) is 5.75 Å². The number of benzene rings is 2. The summed E-state index contributed by atoms with van der Waals surface area (Å²) in [4.78, 5) is 32.6. The van der Waals surface area contributed by atoms with E-state index in [9.17, 15) is 14.0 Å². The van der Waals surface area contributed by atoms with Crippen molar-refractivity contribution in [1.29, 1.82) is 0 Å². The van der Waals surface area contributed by atoms with E-state index in [0.29, 0.717) is 30.0 Å². The Morgan fingerprint density at radius 2 is 2.00 bits per heavy atom. The normalized spacial score (nSPS) is 17.1. The molecule has 1 aromatic heterocycles. The lowest BCUT2D eigenvalue weighted by Crippen LogP contribution is -2.51. The number of hydrogen-bond acceptors (Lipinski definition) is 5. The van der Waals surface area contributed by atoms with Gasteiger partial charge in [-0.25, -0.2) is 9.18 Å². The number of fused-ring (bicyclic) bond motifs is 6. The SMILES string of the molecule is C=C(COc1ccc2[nH]c3c(c2c1)CCN1C(=O)c2cc(F)ccc2N(C)C31)C(=O)OC(C)(C)C. The molecule has 2 aliphatic rings. The van der Waals surface area contributed by atoms with Crippen molar-refractivity contribution in [2.24, 2.45) is 0 Å². The molecule has 1 unspecified atom stereocenters. The highest BCUT2D eigenvalue weighted by atomic mass is 19.1. The van der Waals surface area contributed by atoms with Gasteiger partial charge in [0.25, 0.3) is 5.91 Å². The number of rotatable bonds is 4. The van der Waals surface area contributed by atoms with Crippen LogP contribution in [-0.4, -0.2) is 47.6 Å². The fourth-order valence-electron chi connectivity index (χ4n) is 4.81. The zero-order valence-electron chi connectivity index (χ0n) is 20.3. The molecule has 0 saturated heterocycles. The number of amides is 1. The van der Waals surface area contributed by atoms with Gasteiger partial charge in [0.1, 0.15) is 29.9 Å². The highest BCUT2D eigenvalue weighted by Crippen LogP contribution is 2.43. The lowest BCUT2D eigenvalue weighted by atomic mass is 9.96. The smallest absolute Gasteiger partial charge is 0.337 e. The fraction of sp³-hybridized carbons (Fsp3) is 0.333. The molecule has 1 amide bonds. The van der Waals surface area contributed by atoms with Crippen molar-refractivity contribution in [3.05, 3.63) is 71.2 Å². The van der Waals surface area contributed by atoms with Gasteiger partial charge in [0, 0.05) is 24.5 Å². The van der Waals surface area contributed by atoms with Gasteiger partial charge in [-0.1, -0.05) is 6.58 Å². The van der Waals surface area contributed by atoms with Crippen LogP contribution >= 0.6 is 0 Å². The van der Waals surface area contributed by atoms with Gasteiger partial charge < -0.3 is 24.3 Å². The number of H-pyrrole nitrogens is 1. The molecule has 0 radical (unpaired) electrons. The predicted octanol–water partition coefficient (Wildman–Crippen LogP) is 4.73. The molecule has 182 valence electrons. The van der Waals surface area contributed by atoms with E-state index in [0.717, 1.165) is 22.2 Å². The third-order valence-electron chi connectivity index (χ3n) is 6.36. The molecule has 1 N–H and O–H groups in total. The summed E-state index contributed by atoms with van der Waals surface area (Å²) in [5.74, 6) is -0.464. The van der Waals surface area contributed by atoms with Gasteiger partial charge >= 0.3 is 5.97 Å².